The van der Waals surface area contributed by atoms with Crippen LogP contribution in [0.3, 0.4) is 0 Å². The largest absolute Gasteiger partial charge is 0.492 e. The smallest absolute Gasteiger partial charge is 0.170 e. The predicted octanol–water partition coefficient (Wildman–Crippen LogP) is 2.19. The van der Waals surface area contributed by atoms with Crippen LogP contribution in [0.15, 0.2) is 29.4 Å². The Morgan fingerprint density at radius 2 is 2.00 bits per heavy atom. The first-order valence-electron chi connectivity index (χ1n) is 6.90. The monoisotopic (exact) mass is 279 g/mol. The van der Waals surface area contributed by atoms with Gasteiger partial charge < -0.3 is 21.0 Å². The number of hydrogen-bond donors (Lipinski definition) is 3. The highest BCUT2D eigenvalue weighted by atomic mass is 16.5. The van der Waals surface area contributed by atoms with E-state index in [0.29, 0.717) is 17.6 Å². The van der Waals surface area contributed by atoms with Gasteiger partial charge in [0.2, 0.25) is 0 Å². The first kappa shape index (κ1) is 16.3. The van der Waals surface area contributed by atoms with E-state index in [9.17, 15) is 0 Å². The van der Waals surface area contributed by atoms with Gasteiger partial charge in [-0.2, -0.15) is 0 Å². The molecule has 1 aromatic rings. The molecule has 4 N–H and O–H groups in total. The molecule has 0 saturated carbocycles. The Morgan fingerprint density at radius 1 is 1.35 bits per heavy atom. The number of hydrogen-bond acceptors (Lipinski definition) is 4. The first-order valence-corrected chi connectivity index (χ1v) is 6.90. The lowest BCUT2D eigenvalue weighted by atomic mass is 9.90. The summed E-state index contributed by atoms with van der Waals surface area (Å²) in [5.41, 5.74) is 6.48. The lowest BCUT2D eigenvalue weighted by Crippen LogP contribution is -2.31. The average molecular weight is 279 g/mol. The molecule has 0 heterocycles. The summed E-state index contributed by atoms with van der Waals surface area (Å²) in [5, 5.41) is 14.9. The second-order valence-electron chi connectivity index (χ2n) is 5.55. The minimum Gasteiger partial charge on any atom is -0.492 e. The van der Waals surface area contributed by atoms with Gasteiger partial charge in [-0.05, 0) is 36.1 Å². The highest BCUT2D eigenvalue weighted by Gasteiger charge is 2.13. The van der Waals surface area contributed by atoms with Gasteiger partial charge in [-0.25, -0.2) is 0 Å². The minimum absolute atomic E-state index is 0.0972. The maximum Gasteiger partial charge on any atom is 0.170 e. The molecule has 0 atom stereocenters. The Balaban J connectivity index is 2.29. The van der Waals surface area contributed by atoms with E-state index in [1.54, 1.807) is 12.1 Å². The van der Waals surface area contributed by atoms with Gasteiger partial charge in [-0.15, -0.1) is 0 Å². The number of rotatable bonds is 8. The van der Waals surface area contributed by atoms with E-state index in [0.717, 1.165) is 25.3 Å². The molecule has 1 rings (SSSR count). The zero-order chi connectivity index (χ0) is 15.0. The fraction of sp³-hybridized carbons (Fsp3) is 0.533. The molecule has 0 amide bonds. The van der Waals surface area contributed by atoms with Crippen molar-refractivity contribution in [2.45, 2.75) is 27.2 Å². The number of ether oxygens (including phenoxy) is 1. The van der Waals surface area contributed by atoms with Crippen molar-refractivity contribution < 1.29 is 9.94 Å². The molecule has 0 aliphatic heterocycles. The van der Waals surface area contributed by atoms with E-state index >= 15 is 0 Å². The van der Waals surface area contributed by atoms with Crippen molar-refractivity contribution in [1.82, 2.24) is 5.32 Å². The van der Waals surface area contributed by atoms with Gasteiger partial charge in [0, 0.05) is 18.7 Å². The third-order valence-electron chi connectivity index (χ3n) is 3.37. The second-order valence-corrected chi connectivity index (χ2v) is 5.55. The van der Waals surface area contributed by atoms with Crippen LogP contribution in [0.5, 0.6) is 5.75 Å². The zero-order valence-electron chi connectivity index (χ0n) is 12.5. The van der Waals surface area contributed by atoms with Crippen molar-refractivity contribution in [3.63, 3.8) is 0 Å². The van der Waals surface area contributed by atoms with Crippen molar-refractivity contribution in [2.75, 3.05) is 19.7 Å². The molecular weight excluding hydrogens is 254 g/mol. The van der Waals surface area contributed by atoms with Crippen molar-refractivity contribution in [3.8, 4) is 5.75 Å². The molecule has 0 unspecified atom stereocenters. The quantitative estimate of drug-likeness (QED) is 0.224. The highest BCUT2D eigenvalue weighted by molar-refractivity contribution is 5.97. The molecule has 5 heteroatoms. The number of nitrogens with one attached hydrogen (secondary N) is 1. The maximum absolute atomic E-state index is 8.57. The second kappa shape index (κ2) is 7.75. The van der Waals surface area contributed by atoms with Crippen LogP contribution in [0.25, 0.3) is 0 Å². The molecule has 0 spiro atoms. The van der Waals surface area contributed by atoms with Crippen LogP contribution in [-0.2, 0) is 0 Å². The van der Waals surface area contributed by atoms with E-state index in [-0.39, 0.29) is 5.84 Å². The molecule has 1 aromatic carbocycles. The van der Waals surface area contributed by atoms with Crippen molar-refractivity contribution in [2.24, 2.45) is 16.3 Å². The van der Waals surface area contributed by atoms with E-state index in [1.165, 1.54) is 0 Å². The molecule has 0 aliphatic rings. The minimum atomic E-state index is 0.0972. The summed E-state index contributed by atoms with van der Waals surface area (Å²) in [6, 6.07) is 7.14. The van der Waals surface area contributed by atoms with Crippen molar-refractivity contribution in [3.05, 3.63) is 29.8 Å². The Kier molecular flexibility index (Phi) is 6.31. The number of oxime groups is 1. The van der Waals surface area contributed by atoms with E-state index < -0.39 is 0 Å². The summed E-state index contributed by atoms with van der Waals surface area (Å²) in [5.74, 6) is 0.871. The van der Waals surface area contributed by atoms with Gasteiger partial charge in [0.1, 0.15) is 12.4 Å². The third-order valence-corrected chi connectivity index (χ3v) is 3.37. The predicted molar refractivity (Wildman–Crippen MR) is 81.4 cm³/mol. The Labute approximate surface area is 120 Å². The summed E-state index contributed by atoms with van der Waals surface area (Å²) >= 11 is 0. The molecule has 0 saturated heterocycles. The van der Waals surface area contributed by atoms with Crippen LogP contribution >= 0.6 is 0 Å². The van der Waals surface area contributed by atoms with Crippen LogP contribution in [0.4, 0.5) is 0 Å². The molecule has 0 bridgehead atoms. The van der Waals surface area contributed by atoms with E-state index in [1.807, 2.05) is 12.1 Å². The van der Waals surface area contributed by atoms with Crippen LogP contribution < -0.4 is 15.8 Å². The average Bonchev–Trinajstić information content (AvgIpc) is 2.46. The Bertz CT molecular complexity index is 427. The van der Waals surface area contributed by atoms with Crippen molar-refractivity contribution >= 4 is 5.84 Å². The summed E-state index contributed by atoms with van der Waals surface area (Å²) < 4.78 is 5.62. The Morgan fingerprint density at radius 3 is 2.55 bits per heavy atom. The summed E-state index contributed by atoms with van der Waals surface area (Å²) in [6.45, 7) is 9.09. The van der Waals surface area contributed by atoms with Gasteiger partial charge >= 0.3 is 0 Å². The van der Waals surface area contributed by atoms with Gasteiger partial charge in [0.05, 0.1) is 0 Å². The molecule has 0 radical (unpaired) electrons. The fourth-order valence-corrected chi connectivity index (χ4v) is 1.57. The number of nitrogens with zero attached hydrogens (tertiary/aromatic N) is 1. The van der Waals surface area contributed by atoms with Gasteiger partial charge in [0.25, 0.3) is 0 Å². The molecule has 0 aliphatic carbocycles. The van der Waals surface area contributed by atoms with Crippen molar-refractivity contribution in [1.29, 1.82) is 0 Å². The summed E-state index contributed by atoms with van der Waals surface area (Å²) in [7, 11) is 0. The third kappa shape index (κ3) is 5.48. The lowest BCUT2D eigenvalue weighted by Gasteiger charge is -2.22. The fourth-order valence-electron chi connectivity index (χ4n) is 1.57. The molecular formula is C15H25N3O2. The number of amidine groups is 1. The van der Waals surface area contributed by atoms with Crippen LogP contribution in [0, 0.1) is 5.41 Å². The highest BCUT2D eigenvalue weighted by Crippen LogP contribution is 2.17. The molecule has 20 heavy (non-hydrogen) atoms. The standard InChI is InChI=1S/C15H25N3O2/c1-4-15(2,3)11-17-9-10-20-13-7-5-12(6-8-13)14(16)18-19/h5-8,17,19H,4,9-11H2,1-3H3,(H2,16,18). The molecule has 112 valence electrons. The number of benzene rings is 1. The van der Waals surface area contributed by atoms with Crippen LogP contribution in [0.2, 0.25) is 0 Å². The van der Waals surface area contributed by atoms with E-state index in [2.05, 4.69) is 31.2 Å². The number of nitrogens with two attached hydrogens (primary N) is 1. The topological polar surface area (TPSA) is 79.9 Å². The normalized spacial score (nSPS) is 12.4. The van der Waals surface area contributed by atoms with Gasteiger partial charge in [-0.1, -0.05) is 25.9 Å². The SMILES string of the molecule is CCC(C)(C)CNCCOc1ccc(/C(N)=N/O)cc1. The molecule has 0 fully saturated rings. The zero-order valence-corrected chi connectivity index (χ0v) is 12.5. The summed E-state index contributed by atoms with van der Waals surface area (Å²) in [4.78, 5) is 0. The van der Waals surface area contributed by atoms with Crippen LogP contribution in [-0.4, -0.2) is 30.7 Å². The van der Waals surface area contributed by atoms with Gasteiger partial charge in [0.15, 0.2) is 5.84 Å². The van der Waals surface area contributed by atoms with Gasteiger partial charge in [-0.3, -0.25) is 0 Å². The lowest BCUT2D eigenvalue weighted by molar-refractivity contribution is 0.284. The van der Waals surface area contributed by atoms with Crippen LogP contribution in [0.1, 0.15) is 32.8 Å². The maximum atomic E-state index is 8.57. The molecule has 5 nitrogen and oxygen atoms in total. The Hall–Kier alpha value is -1.75. The molecule has 0 aromatic heterocycles. The first-order chi connectivity index (χ1) is 9.48. The summed E-state index contributed by atoms with van der Waals surface area (Å²) in [6.07, 6.45) is 1.15. The van der Waals surface area contributed by atoms with E-state index in [4.69, 9.17) is 15.7 Å².